The van der Waals surface area contributed by atoms with Gasteiger partial charge in [-0.3, -0.25) is 9.78 Å². The summed E-state index contributed by atoms with van der Waals surface area (Å²) in [6.45, 7) is 6.27. The van der Waals surface area contributed by atoms with Gasteiger partial charge in [-0.05, 0) is 29.5 Å². The molecule has 5 nitrogen and oxygen atoms in total. The van der Waals surface area contributed by atoms with Crippen LogP contribution in [-0.2, 0) is 11.2 Å². The third-order valence-corrected chi connectivity index (χ3v) is 4.90. The van der Waals surface area contributed by atoms with E-state index in [2.05, 4.69) is 16.0 Å². The zero-order chi connectivity index (χ0) is 21.5. The largest absolute Gasteiger partial charge is 0.367 e. The molecule has 0 saturated carbocycles. The maximum Gasteiger partial charge on any atom is 0.325 e. The van der Waals surface area contributed by atoms with Crippen LogP contribution in [0.2, 0.25) is 0 Å². The van der Waals surface area contributed by atoms with E-state index in [4.69, 9.17) is 4.74 Å². The monoisotopic (exact) mass is 404 g/mol. The average Bonchev–Trinajstić information content (AvgIpc) is 2.71. The summed E-state index contributed by atoms with van der Waals surface area (Å²) in [6, 6.07) is 20.0. The second-order valence-electron chi connectivity index (χ2n) is 7.78. The number of ether oxygens (including phenoxy) is 1. The highest BCUT2D eigenvalue weighted by molar-refractivity contribution is 5.52. The first-order chi connectivity index (χ1) is 14.4. The molecule has 5 heteroatoms. The highest BCUT2D eigenvalue weighted by Crippen LogP contribution is 2.26. The van der Waals surface area contributed by atoms with Crippen LogP contribution in [0.5, 0.6) is 0 Å². The minimum absolute atomic E-state index is 0.0524. The van der Waals surface area contributed by atoms with Gasteiger partial charge in [-0.2, -0.15) is 0 Å². The molecule has 0 saturated heterocycles. The van der Waals surface area contributed by atoms with Crippen LogP contribution in [0.4, 0.5) is 0 Å². The van der Waals surface area contributed by atoms with Crippen molar-refractivity contribution in [2.75, 3.05) is 6.61 Å². The number of H-pyrrole nitrogens is 2. The Morgan fingerprint density at radius 1 is 0.967 bits per heavy atom. The second kappa shape index (κ2) is 10.0. The first kappa shape index (κ1) is 21.5. The van der Waals surface area contributed by atoms with Gasteiger partial charge in [0.25, 0.3) is 5.56 Å². The molecule has 0 aliphatic heterocycles. The highest BCUT2D eigenvalue weighted by Gasteiger charge is 2.22. The number of aromatic nitrogens is 2. The molecule has 0 bridgehead atoms. The molecule has 0 spiro atoms. The van der Waals surface area contributed by atoms with Gasteiger partial charge in [0.05, 0.1) is 12.3 Å². The lowest BCUT2D eigenvalue weighted by Crippen LogP contribution is -2.31. The van der Waals surface area contributed by atoms with Gasteiger partial charge >= 0.3 is 5.69 Å². The second-order valence-corrected chi connectivity index (χ2v) is 7.78. The molecule has 1 heterocycles. The van der Waals surface area contributed by atoms with Crippen LogP contribution < -0.4 is 11.2 Å². The highest BCUT2D eigenvalue weighted by atomic mass is 16.5. The zero-order valence-electron chi connectivity index (χ0n) is 17.6. The lowest BCUT2D eigenvalue weighted by atomic mass is 9.96. The van der Waals surface area contributed by atoms with E-state index in [0.717, 1.165) is 16.7 Å². The number of rotatable bonds is 8. The van der Waals surface area contributed by atoms with Crippen molar-refractivity contribution in [1.29, 1.82) is 0 Å². The number of aromatic amines is 2. The summed E-state index contributed by atoms with van der Waals surface area (Å²) in [7, 11) is 0. The Balaban J connectivity index is 1.93. The molecule has 3 rings (SSSR count). The number of hydrogen-bond donors (Lipinski definition) is 2. The Hall–Kier alpha value is -3.18. The van der Waals surface area contributed by atoms with E-state index in [-0.39, 0.29) is 11.5 Å². The van der Waals surface area contributed by atoms with Gasteiger partial charge < -0.3 is 9.72 Å². The molecule has 156 valence electrons. The van der Waals surface area contributed by atoms with E-state index in [0.29, 0.717) is 24.3 Å². The maximum atomic E-state index is 12.5. The van der Waals surface area contributed by atoms with Crippen LogP contribution in [0.3, 0.4) is 0 Å². The molecule has 2 aromatic carbocycles. The van der Waals surface area contributed by atoms with Crippen molar-refractivity contribution in [3.63, 3.8) is 0 Å². The normalized spacial score (nSPS) is 12.9. The molecule has 3 aromatic rings. The summed E-state index contributed by atoms with van der Waals surface area (Å²) in [5, 5.41) is 0. The van der Waals surface area contributed by atoms with Crippen molar-refractivity contribution >= 4 is 6.08 Å². The fourth-order valence-corrected chi connectivity index (χ4v) is 3.52. The molecule has 0 fully saturated rings. The molecule has 1 aromatic heterocycles. The molecule has 1 unspecified atom stereocenters. The number of benzene rings is 2. The van der Waals surface area contributed by atoms with E-state index in [1.807, 2.05) is 81.4 Å². The zero-order valence-corrected chi connectivity index (χ0v) is 17.6. The quantitative estimate of drug-likeness (QED) is 0.577. The minimum atomic E-state index is -0.516. The van der Waals surface area contributed by atoms with E-state index in [1.165, 1.54) is 0 Å². The molecule has 1 atom stereocenters. The van der Waals surface area contributed by atoms with Gasteiger partial charge in [0.2, 0.25) is 0 Å². The van der Waals surface area contributed by atoms with Crippen LogP contribution in [0.15, 0.2) is 75.8 Å². The Labute approximate surface area is 176 Å². The predicted octanol–water partition coefficient (Wildman–Crippen LogP) is 4.59. The van der Waals surface area contributed by atoms with Crippen LogP contribution in [-0.4, -0.2) is 16.6 Å². The van der Waals surface area contributed by atoms with Gasteiger partial charge in [-0.25, -0.2) is 4.79 Å². The lowest BCUT2D eigenvalue weighted by Gasteiger charge is -2.22. The Morgan fingerprint density at radius 2 is 1.60 bits per heavy atom. The van der Waals surface area contributed by atoms with E-state index < -0.39 is 11.8 Å². The van der Waals surface area contributed by atoms with Gasteiger partial charge in [0, 0.05) is 12.0 Å². The maximum absolute atomic E-state index is 12.5. The average molecular weight is 405 g/mol. The molecular weight excluding hydrogens is 376 g/mol. The fourth-order valence-electron chi connectivity index (χ4n) is 3.52. The third kappa shape index (κ3) is 5.67. The van der Waals surface area contributed by atoms with Crippen molar-refractivity contribution in [3.05, 3.63) is 109 Å². The Kier molecular flexibility index (Phi) is 7.20. The number of nitrogens with one attached hydrogen (secondary N) is 2. The lowest BCUT2D eigenvalue weighted by molar-refractivity contribution is 0.0656. The van der Waals surface area contributed by atoms with Gasteiger partial charge in [-0.15, -0.1) is 0 Å². The molecule has 0 aliphatic carbocycles. The Bertz CT molecular complexity index is 1100. The van der Waals surface area contributed by atoms with Gasteiger partial charge in [0.15, 0.2) is 0 Å². The van der Waals surface area contributed by atoms with E-state index in [9.17, 15) is 9.59 Å². The SMILES string of the molecule is CC(=Cc1ccccc1)COC(Cc1ccccc1)c1[nH]c(=O)[nH]c(=O)c1C(C)C. The first-order valence-corrected chi connectivity index (χ1v) is 10.2. The first-order valence-electron chi connectivity index (χ1n) is 10.2. The molecule has 0 aliphatic rings. The minimum Gasteiger partial charge on any atom is -0.367 e. The summed E-state index contributed by atoms with van der Waals surface area (Å²) in [4.78, 5) is 29.7. The molecule has 0 radical (unpaired) electrons. The van der Waals surface area contributed by atoms with Crippen LogP contribution >= 0.6 is 0 Å². The summed E-state index contributed by atoms with van der Waals surface area (Å²) in [5.41, 5.74) is 3.46. The van der Waals surface area contributed by atoms with E-state index in [1.54, 1.807) is 0 Å². The van der Waals surface area contributed by atoms with Crippen molar-refractivity contribution in [2.45, 2.75) is 39.2 Å². The van der Waals surface area contributed by atoms with Gasteiger partial charge in [0.1, 0.15) is 6.10 Å². The standard InChI is InChI=1S/C25H28N2O3/c1-17(2)22-23(26-25(29)27-24(22)28)21(15-20-12-8-5-9-13-20)30-16-18(3)14-19-10-6-4-7-11-19/h4-14,17,21H,15-16H2,1-3H3,(H2,26,27,28,29). The fraction of sp³-hybridized carbons (Fsp3) is 0.280. The molecule has 0 amide bonds. The number of hydrogen-bond acceptors (Lipinski definition) is 3. The predicted molar refractivity (Wildman–Crippen MR) is 121 cm³/mol. The van der Waals surface area contributed by atoms with Crippen LogP contribution in [0.1, 0.15) is 55.2 Å². The molecular formula is C25H28N2O3. The summed E-state index contributed by atoms with van der Waals surface area (Å²) >= 11 is 0. The third-order valence-electron chi connectivity index (χ3n) is 4.90. The molecule has 2 N–H and O–H groups in total. The van der Waals surface area contributed by atoms with E-state index >= 15 is 0 Å². The summed E-state index contributed by atoms with van der Waals surface area (Å²) in [6.07, 6.45) is 2.18. The topological polar surface area (TPSA) is 75.0 Å². The van der Waals surface area contributed by atoms with Crippen LogP contribution in [0.25, 0.3) is 6.08 Å². The van der Waals surface area contributed by atoms with Gasteiger partial charge in [-0.1, -0.05) is 80.6 Å². The van der Waals surface area contributed by atoms with Crippen molar-refractivity contribution in [1.82, 2.24) is 9.97 Å². The van der Waals surface area contributed by atoms with Crippen LogP contribution in [0, 0.1) is 0 Å². The van der Waals surface area contributed by atoms with Crippen molar-refractivity contribution in [2.24, 2.45) is 0 Å². The van der Waals surface area contributed by atoms with Crippen molar-refractivity contribution < 1.29 is 4.74 Å². The van der Waals surface area contributed by atoms with Crippen molar-refractivity contribution in [3.8, 4) is 0 Å². The molecule has 30 heavy (non-hydrogen) atoms. The summed E-state index contributed by atoms with van der Waals surface area (Å²) < 4.78 is 6.28. The summed E-state index contributed by atoms with van der Waals surface area (Å²) in [5.74, 6) is -0.0524. The Morgan fingerprint density at radius 3 is 2.23 bits per heavy atom. The smallest absolute Gasteiger partial charge is 0.325 e.